The van der Waals surface area contributed by atoms with Crippen molar-refractivity contribution in [3.05, 3.63) is 85.3 Å². The van der Waals surface area contributed by atoms with Crippen molar-refractivity contribution in [3.8, 4) is 0 Å². The second kappa shape index (κ2) is 17.3. The van der Waals surface area contributed by atoms with E-state index >= 15 is 0 Å². The van der Waals surface area contributed by atoms with Crippen LogP contribution in [0.1, 0.15) is 39.0 Å². The van der Waals surface area contributed by atoms with Gasteiger partial charge in [0.05, 0.1) is 24.1 Å². The van der Waals surface area contributed by atoms with Gasteiger partial charge in [-0.15, -0.1) is 0 Å². The van der Waals surface area contributed by atoms with Crippen molar-refractivity contribution >= 4 is 0 Å². The maximum Gasteiger partial charge on any atom is 0.0986 e. The molecule has 27 heavy (non-hydrogen) atoms. The molecule has 0 aromatic rings. The fourth-order valence-electron chi connectivity index (χ4n) is 1.98. The van der Waals surface area contributed by atoms with E-state index < -0.39 is 18.3 Å². The van der Waals surface area contributed by atoms with Crippen molar-refractivity contribution in [1.29, 1.82) is 0 Å². The number of hydrogen-bond donors (Lipinski definition) is 4. The third kappa shape index (κ3) is 17.0. The normalized spacial score (nSPS) is 16.6. The van der Waals surface area contributed by atoms with Crippen LogP contribution in [0.15, 0.2) is 85.3 Å². The molecular weight excluding hydrogens is 340 g/mol. The predicted octanol–water partition coefficient (Wildman–Crippen LogP) is 4.45. The fourth-order valence-corrected chi connectivity index (χ4v) is 1.98. The van der Waals surface area contributed by atoms with Gasteiger partial charge in [0, 0.05) is 6.42 Å². The molecule has 4 heteroatoms. The monoisotopic (exact) mass is 374 g/mol. The molecule has 0 rings (SSSR count). The van der Waals surface area contributed by atoms with Crippen molar-refractivity contribution < 1.29 is 20.4 Å². The molecule has 0 amide bonds. The van der Waals surface area contributed by atoms with Gasteiger partial charge in [-0.25, -0.2) is 0 Å². The Morgan fingerprint density at radius 2 is 1.41 bits per heavy atom. The molecule has 150 valence electrons. The molecular formula is C23H34O4. The van der Waals surface area contributed by atoms with E-state index in [9.17, 15) is 15.3 Å². The largest absolute Gasteiger partial charge is 0.513 e. The highest BCUT2D eigenvalue weighted by Gasteiger charge is 2.10. The SMILES string of the molecule is C=C(O)CC/C=C\C[C@H](O)[C@H](O)/C=C/C=C/C=C\C=C\[C@H](O)C/C=C\CC. The summed E-state index contributed by atoms with van der Waals surface area (Å²) in [5, 5.41) is 38.3. The van der Waals surface area contributed by atoms with Crippen LogP contribution in [0.5, 0.6) is 0 Å². The zero-order chi connectivity index (χ0) is 20.3. The zero-order valence-corrected chi connectivity index (χ0v) is 16.2. The van der Waals surface area contributed by atoms with Gasteiger partial charge in [-0.2, -0.15) is 0 Å². The molecule has 0 spiro atoms. The van der Waals surface area contributed by atoms with Gasteiger partial charge in [0.15, 0.2) is 0 Å². The molecule has 0 aromatic heterocycles. The molecule has 0 aliphatic carbocycles. The van der Waals surface area contributed by atoms with Gasteiger partial charge in [-0.05, 0) is 25.7 Å². The Balaban J connectivity index is 4.06. The lowest BCUT2D eigenvalue weighted by Gasteiger charge is -2.11. The molecule has 0 bridgehead atoms. The molecule has 0 saturated carbocycles. The Morgan fingerprint density at radius 1 is 0.815 bits per heavy atom. The number of rotatable bonds is 14. The predicted molar refractivity (Wildman–Crippen MR) is 113 cm³/mol. The number of hydrogen-bond acceptors (Lipinski definition) is 4. The highest BCUT2D eigenvalue weighted by atomic mass is 16.3. The number of aliphatic hydroxyl groups excluding tert-OH is 4. The minimum absolute atomic E-state index is 0.139. The summed E-state index contributed by atoms with van der Waals surface area (Å²) in [6, 6.07) is 0. The maximum atomic E-state index is 9.83. The highest BCUT2D eigenvalue weighted by molar-refractivity contribution is 5.17. The molecule has 3 atom stereocenters. The van der Waals surface area contributed by atoms with Crippen molar-refractivity contribution in [2.45, 2.75) is 57.3 Å². The molecule has 0 aliphatic heterocycles. The first kappa shape index (κ1) is 24.9. The lowest BCUT2D eigenvalue weighted by Crippen LogP contribution is -2.22. The second-order valence-corrected chi connectivity index (χ2v) is 6.09. The number of allylic oxidation sites excluding steroid dienone is 9. The van der Waals surface area contributed by atoms with E-state index in [-0.39, 0.29) is 5.76 Å². The van der Waals surface area contributed by atoms with Crippen molar-refractivity contribution in [2.24, 2.45) is 0 Å². The van der Waals surface area contributed by atoms with Gasteiger partial charge in [0.1, 0.15) is 0 Å². The van der Waals surface area contributed by atoms with Crippen LogP contribution in [-0.2, 0) is 0 Å². The summed E-state index contributed by atoms with van der Waals surface area (Å²) in [6.45, 7) is 5.45. The van der Waals surface area contributed by atoms with Crippen molar-refractivity contribution in [3.63, 3.8) is 0 Å². The molecule has 0 radical (unpaired) electrons. The standard InChI is InChI=1S/C23H34O4/c1-3-4-10-16-21(25)17-12-7-5-6-8-13-18-22(26)23(27)19-14-9-11-15-20(2)24/h4-10,12-14,17-18,21-27H,2-3,11,15-16,19H2,1H3/b7-5-,8-6+,10-4-,14-9-,17-12+,18-13+/t21-,22-,23+/m1/s1. The van der Waals surface area contributed by atoms with E-state index in [1.807, 2.05) is 30.4 Å². The zero-order valence-electron chi connectivity index (χ0n) is 16.2. The Labute approximate surface area is 163 Å². The first-order valence-electron chi connectivity index (χ1n) is 9.36. The van der Waals surface area contributed by atoms with Crippen LogP contribution < -0.4 is 0 Å². The molecule has 0 unspecified atom stereocenters. The minimum atomic E-state index is -0.942. The average molecular weight is 375 g/mol. The smallest absolute Gasteiger partial charge is 0.0986 e. The van der Waals surface area contributed by atoms with E-state index in [4.69, 9.17) is 5.11 Å². The summed E-state index contributed by atoms with van der Waals surface area (Å²) in [7, 11) is 0. The lowest BCUT2D eigenvalue weighted by molar-refractivity contribution is 0.0511. The van der Waals surface area contributed by atoms with E-state index in [0.29, 0.717) is 25.7 Å². The summed E-state index contributed by atoms with van der Waals surface area (Å²) >= 11 is 0. The van der Waals surface area contributed by atoms with Crippen molar-refractivity contribution in [1.82, 2.24) is 0 Å². The maximum absolute atomic E-state index is 9.83. The summed E-state index contributed by atoms with van der Waals surface area (Å²) < 4.78 is 0. The van der Waals surface area contributed by atoms with Crippen LogP contribution in [0, 0.1) is 0 Å². The lowest BCUT2D eigenvalue weighted by atomic mass is 10.1. The molecule has 0 fully saturated rings. The molecule has 0 saturated heterocycles. The van der Waals surface area contributed by atoms with Gasteiger partial charge >= 0.3 is 0 Å². The van der Waals surface area contributed by atoms with Crippen LogP contribution in [0.4, 0.5) is 0 Å². The topological polar surface area (TPSA) is 80.9 Å². The van der Waals surface area contributed by atoms with Gasteiger partial charge in [-0.3, -0.25) is 0 Å². The van der Waals surface area contributed by atoms with E-state index in [1.54, 1.807) is 36.5 Å². The molecule has 0 aliphatic rings. The van der Waals surface area contributed by atoms with Crippen LogP contribution in [0.3, 0.4) is 0 Å². The summed E-state index contributed by atoms with van der Waals surface area (Å²) in [5.74, 6) is 0.139. The van der Waals surface area contributed by atoms with E-state index in [0.717, 1.165) is 6.42 Å². The highest BCUT2D eigenvalue weighted by Crippen LogP contribution is 2.05. The Kier molecular flexibility index (Phi) is 15.9. The van der Waals surface area contributed by atoms with E-state index in [2.05, 4.69) is 13.5 Å². The fraction of sp³-hybridized carbons (Fsp3) is 0.391. The quantitative estimate of drug-likeness (QED) is 0.206. The van der Waals surface area contributed by atoms with Crippen LogP contribution >= 0.6 is 0 Å². The average Bonchev–Trinajstić information content (AvgIpc) is 2.63. The molecule has 0 aromatic carbocycles. The molecule has 0 heterocycles. The molecule has 4 nitrogen and oxygen atoms in total. The first-order valence-corrected chi connectivity index (χ1v) is 9.36. The third-order valence-electron chi connectivity index (χ3n) is 3.52. The van der Waals surface area contributed by atoms with Gasteiger partial charge in [0.2, 0.25) is 0 Å². The van der Waals surface area contributed by atoms with E-state index in [1.165, 1.54) is 6.08 Å². The Bertz CT molecular complexity index is 553. The first-order chi connectivity index (χ1) is 13.0. The summed E-state index contributed by atoms with van der Waals surface area (Å²) in [6.07, 6.45) is 22.3. The van der Waals surface area contributed by atoms with Gasteiger partial charge < -0.3 is 20.4 Å². The Hall–Kier alpha value is -2.14. The van der Waals surface area contributed by atoms with Gasteiger partial charge in [0.25, 0.3) is 0 Å². The Morgan fingerprint density at radius 3 is 2.04 bits per heavy atom. The number of aliphatic hydroxyl groups is 4. The van der Waals surface area contributed by atoms with Crippen LogP contribution in [-0.4, -0.2) is 38.7 Å². The van der Waals surface area contributed by atoms with Crippen molar-refractivity contribution in [2.75, 3.05) is 0 Å². The van der Waals surface area contributed by atoms with Gasteiger partial charge in [-0.1, -0.05) is 86.4 Å². The second-order valence-electron chi connectivity index (χ2n) is 6.09. The third-order valence-corrected chi connectivity index (χ3v) is 3.52. The minimum Gasteiger partial charge on any atom is -0.513 e. The summed E-state index contributed by atoms with van der Waals surface area (Å²) in [4.78, 5) is 0. The van der Waals surface area contributed by atoms with Crippen LogP contribution in [0.25, 0.3) is 0 Å². The summed E-state index contributed by atoms with van der Waals surface area (Å²) in [5.41, 5.74) is 0. The molecule has 4 N–H and O–H groups in total. The van der Waals surface area contributed by atoms with Crippen LogP contribution in [0.2, 0.25) is 0 Å².